The molecular formula is C14H13N7O2. The summed E-state index contributed by atoms with van der Waals surface area (Å²) in [6.07, 6.45) is 3.27. The van der Waals surface area contributed by atoms with Crippen LogP contribution in [0, 0.1) is 11.3 Å². The van der Waals surface area contributed by atoms with Crippen LogP contribution in [0.3, 0.4) is 0 Å². The quantitative estimate of drug-likeness (QED) is 0.705. The average Bonchev–Trinajstić information content (AvgIpc) is 3.04. The van der Waals surface area contributed by atoms with E-state index in [2.05, 4.69) is 15.4 Å². The molecule has 3 rings (SSSR count). The summed E-state index contributed by atoms with van der Waals surface area (Å²) in [6.45, 7) is 0.274. The van der Waals surface area contributed by atoms with Gasteiger partial charge in [0.2, 0.25) is 0 Å². The fourth-order valence-corrected chi connectivity index (χ4v) is 2.35. The van der Waals surface area contributed by atoms with E-state index in [0.29, 0.717) is 5.65 Å². The Hall–Kier alpha value is -3.41. The first kappa shape index (κ1) is 14.5. The number of hydrogen-bond acceptors (Lipinski definition) is 6. The molecule has 23 heavy (non-hydrogen) atoms. The SMILES string of the molecule is Cn1c(NCc2ccnc3ccnn23)c(C#N)c(=O)n(C)c1=O. The van der Waals surface area contributed by atoms with Gasteiger partial charge in [-0.25, -0.2) is 14.3 Å². The third-order valence-electron chi connectivity index (χ3n) is 3.58. The standard InChI is InChI=1S/C14H13N7O2/c1-19-12(10(7-15)13(22)20(2)14(19)23)17-8-9-3-5-16-11-4-6-18-21(9)11/h3-6,17H,8H2,1-2H3. The molecule has 0 spiro atoms. The molecule has 0 radical (unpaired) electrons. The van der Waals surface area contributed by atoms with E-state index >= 15 is 0 Å². The van der Waals surface area contributed by atoms with Gasteiger partial charge in [-0.1, -0.05) is 0 Å². The summed E-state index contributed by atoms with van der Waals surface area (Å²) in [5.41, 5.74) is 0.215. The Morgan fingerprint density at radius 3 is 2.74 bits per heavy atom. The number of nitrogens with one attached hydrogen (secondary N) is 1. The highest BCUT2D eigenvalue weighted by Crippen LogP contribution is 2.10. The van der Waals surface area contributed by atoms with Crippen molar-refractivity contribution in [2.45, 2.75) is 6.54 Å². The van der Waals surface area contributed by atoms with E-state index in [9.17, 15) is 14.9 Å². The molecule has 0 aliphatic rings. The minimum Gasteiger partial charge on any atom is -0.364 e. The van der Waals surface area contributed by atoms with Crippen molar-refractivity contribution in [2.24, 2.45) is 14.1 Å². The van der Waals surface area contributed by atoms with Gasteiger partial charge in [-0.3, -0.25) is 13.9 Å². The molecule has 3 aromatic rings. The van der Waals surface area contributed by atoms with Crippen molar-refractivity contribution in [1.29, 1.82) is 5.26 Å². The maximum Gasteiger partial charge on any atom is 0.332 e. The van der Waals surface area contributed by atoms with Gasteiger partial charge in [0.25, 0.3) is 5.56 Å². The highest BCUT2D eigenvalue weighted by Gasteiger charge is 2.15. The Morgan fingerprint density at radius 2 is 2.00 bits per heavy atom. The number of nitriles is 1. The van der Waals surface area contributed by atoms with Gasteiger partial charge in [0.05, 0.1) is 18.4 Å². The van der Waals surface area contributed by atoms with Crippen LogP contribution in [0.15, 0.2) is 34.1 Å². The molecule has 0 fully saturated rings. The number of hydrogen-bond donors (Lipinski definition) is 1. The van der Waals surface area contributed by atoms with Gasteiger partial charge in [-0.15, -0.1) is 0 Å². The van der Waals surface area contributed by atoms with E-state index in [4.69, 9.17) is 0 Å². The Labute approximate surface area is 130 Å². The van der Waals surface area contributed by atoms with Crippen molar-refractivity contribution >= 4 is 11.5 Å². The zero-order valence-corrected chi connectivity index (χ0v) is 12.5. The minimum absolute atomic E-state index is 0.111. The van der Waals surface area contributed by atoms with Crippen molar-refractivity contribution in [3.8, 4) is 6.07 Å². The van der Waals surface area contributed by atoms with Gasteiger partial charge < -0.3 is 5.32 Å². The molecule has 0 aliphatic heterocycles. The molecule has 3 aromatic heterocycles. The minimum atomic E-state index is -0.628. The molecule has 0 atom stereocenters. The second-order valence-electron chi connectivity index (χ2n) is 4.93. The number of rotatable bonds is 3. The van der Waals surface area contributed by atoms with Gasteiger partial charge in [-0.2, -0.15) is 10.4 Å². The van der Waals surface area contributed by atoms with Crippen molar-refractivity contribution in [3.63, 3.8) is 0 Å². The monoisotopic (exact) mass is 311 g/mol. The third kappa shape index (κ3) is 2.26. The number of anilines is 1. The van der Waals surface area contributed by atoms with Gasteiger partial charge in [0, 0.05) is 26.4 Å². The third-order valence-corrected chi connectivity index (χ3v) is 3.58. The lowest BCUT2D eigenvalue weighted by molar-refractivity contribution is 0.684. The molecule has 0 aromatic carbocycles. The maximum atomic E-state index is 12.0. The average molecular weight is 311 g/mol. The first-order valence-corrected chi connectivity index (χ1v) is 6.76. The fraction of sp³-hybridized carbons (Fsp3) is 0.214. The molecule has 116 valence electrons. The lowest BCUT2D eigenvalue weighted by Gasteiger charge is -2.14. The maximum absolute atomic E-state index is 12.0. The summed E-state index contributed by atoms with van der Waals surface area (Å²) in [4.78, 5) is 28.2. The van der Waals surface area contributed by atoms with E-state index in [1.165, 1.54) is 18.7 Å². The highest BCUT2D eigenvalue weighted by atomic mass is 16.2. The van der Waals surface area contributed by atoms with Crippen LogP contribution >= 0.6 is 0 Å². The Bertz CT molecular complexity index is 1050. The van der Waals surface area contributed by atoms with Crippen LogP contribution in [-0.4, -0.2) is 23.7 Å². The van der Waals surface area contributed by atoms with Gasteiger partial charge in [0.15, 0.2) is 11.2 Å². The largest absolute Gasteiger partial charge is 0.364 e. The predicted molar refractivity (Wildman–Crippen MR) is 82.0 cm³/mol. The van der Waals surface area contributed by atoms with Crippen molar-refractivity contribution < 1.29 is 0 Å². The van der Waals surface area contributed by atoms with E-state index in [1.54, 1.807) is 29.0 Å². The summed E-state index contributed by atoms with van der Waals surface area (Å²) in [5, 5.41) is 16.4. The molecule has 3 heterocycles. The van der Waals surface area contributed by atoms with Gasteiger partial charge in [0.1, 0.15) is 11.9 Å². The van der Waals surface area contributed by atoms with Crippen LogP contribution in [0.1, 0.15) is 11.3 Å². The second-order valence-corrected chi connectivity index (χ2v) is 4.93. The molecule has 1 N–H and O–H groups in total. The van der Waals surface area contributed by atoms with E-state index in [-0.39, 0.29) is 17.9 Å². The Balaban J connectivity index is 2.05. The first-order chi connectivity index (χ1) is 11.0. The van der Waals surface area contributed by atoms with Gasteiger partial charge in [-0.05, 0) is 6.07 Å². The summed E-state index contributed by atoms with van der Waals surface area (Å²) < 4.78 is 3.78. The van der Waals surface area contributed by atoms with Crippen LogP contribution < -0.4 is 16.6 Å². The zero-order valence-electron chi connectivity index (χ0n) is 12.5. The number of nitrogens with zero attached hydrogens (tertiary/aromatic N) is 6. The van der Waals surface area contributed by atoms with E-state index in [1.807, 2.05) is 6.07 Å². The second kappa shape index (κ2) is 5.42. The van der Waals surface area contributed by atoms with Crippen molar-refractivity contribution in [2.75, 3.05) is 5.32 Å². The van der Waals surface area contributed by atoms with Crippen LogP contribution in [0.4, 0.5) is 5.82 Å². The number of aromatic nitrogens is 5. The van der Waals surface area contributed by atoms with Crippen LogP contribution in [0.2, 0.25) is 0 Å². The van der Waals surface area contributed by atoms with Gasteiger partial charge >= 0.3 is 5.69 Å². The topological polar surface area (TPSA) is 110 Å². The predicted octanol–water partition coefficient (Wildman–Crippen LogP) is -0.390. The van der Waals surface area contributed by atoms with Crippen LogP contribution in [-0.2, 0) is 20.6 Å². The molecule has 9 nitrogen and oxygen atoms in total. The number of fused-ring (bicyclic) bond motifs is 1. The molecule has 0 aliphatic carbocycles. The van der Waals surface area contributed by atoms with Crippen molar-refractivity contribution in [1.82, 2.24) is 23.7 Å². The van der Waals surface area contributed by atoms with E-state index < -0.39 is 11.2 Å². The Kier molecular flexibility index (Phi) is 3.42. The molecule has 0 saturated heterocycles. The lowest BCUT2D eigenvalue weighted by atomic mass is 10.3. The molecule has 0 saturated carbocycles. The molecule has 0 amide bonds. The zero-order chi connectivity index (χ0) is 16.6. The van der Waals surface area contributed by atoms with E-state index in [0.717, 1.165) is 10.3 Å². The van der Waals surface area contributed by atoms with Crippen LogP contribution in [0.25, 0.3) is 5.65 Å². The lowest BCUT2D eigenvalue weighted by Crippen LogP contribution is -2.39. The normalized spacial score (nSPS) is 10.7. The Morgan fingerprint density at radius 1 is 1.22 bits per heavy atom. The summed E-state index contributed by atoms with van der Waals surface area (Å²) >= 11 is 0. The molecular weight excluding hydrogens is 298 g/mol. The molecule has 9 heteroatoms. The highest BCUT2D eigenvalue weighted by molar-refractivity contribution is 5.51. The summed E-state index contributed by atoms with van der Waals surface area (Å²) in [7, 11) is 2.84. The molecule has 0 unspecified atom stereocenters. The smallest absolute Gasteiger partial charge is 0.332 e. The van der Waals surface area contributed by atoms with Crippen LogP contribution in [0.5, 0.6) is 0 Å². The molecule has 0 bridgehead atoms. The first-order valence-electron chi connectivity index (χ1n) is 6.76. The summed E-state index contributed by atoms with van der Waals surface area (Å²) in [6, 6.07) is 5.38. The fourth-order valence-electron chi connectivity index (χ4n) is 2.35. The van der Waals surface area contributed by atoms with Crippen molar-refractivity contribution in [3.05, 3.63) is 56.6 Å². The summed E-state index contributed by atoms with van der Waals surface area (Å²) in [5.74, 6) is 0.178.